The van der Waals surface area contributed by atoms with Gasteiger partial charge in [-0.25, -0.2) is 9.37 Å². The second-order valence-corrected chi connectivity index (χ2v) is 5.35. The molecular formula is C17H12F4N4O2. The number of nitrogens with zero attached hydrogens (tertiary/aromatic N) is 2. The number of rotatable bonds is 4. The molecule has 0 atom stereocenters. The highest BCUT2D eigenvalue weighted by atomic mass is 19.4. The molecule has 10 heteroatoms. The van der Waals surface area contributed by atoms with Gasteiger partial charge in [0.15, 0.2) is 5.82 Å². The van der Waals surface area contributed by atoms with Crippen LogP contribution in [0.4, 0.5) is 17.6 Å². The lowest BCUT2D eigenvalue weighted by atomic mass is 10.0. The molecule has 0 spiro atoms. The van der Waals surface area contributed by atoms with Crippen molar-refractivity contribution in [3.8, 4) is 28.3 Å². The van der Waals surface area contributed by atoms with Crippen molar-refractivity contribution in [2.75, 3.05) is 7.05 Å². The number of carbonyl (C=O) groups excluding carboxylic acids is 1. The lowest BCUT2D eigenvalue weighted by molar-refractivity contribution is -0.274. The number of hydrogen-bond donors (Lipinski definition) is 2. The highest BCUT2D eigenvalue weighted by Crippen LogP contribution is 2.30. The van der Waals surface area contributed by atoms with Gasteiger partial charge < -0.3 is 10.1 Å². The van der Waals surface area contributed by atoms with E-state index in [0.29, 0.717) is 11.1 Å². The fourth-order valence-electron chi connectivity index (χ4n) is 2.33. The van der Waals surface area contributed by atoms with Crippen LogP contribution in [-0.4, -0.2) is 34.5 Å². The normalized spacial score (nSPS) is 11.3. The van der Waals surface area contributed by atoms with E-state index in [2.05, 4.69) is 25.2 Å². The number of benzene rings is 2. The quantitative estimate of drug-likeness (QED) is 0.679. The van der Waals surface area contributed by atoms with Crippen LogP contribution < -0.4 is 10.1 Å². The summed E-state index contributed by atoms with van der Waals surface area (Å²) in [6, 6.07) is 8.83. The molecule has 2 aromatic carbocycles. The first kappa shape index (κ1) is 18.4. The van der Waals surface area contributed by atoms with Crippen LogP contribution in [-0.2, 0) is 0 Å². The standard InChI is InChI=1S/C17H12F4N4O2/c1-22-16(26)15-23-14(24-25-15)10-4-7-13(18)12(8-10)9-2-5-11(6-3-9)27-17(19,20)21/h2-8H,1H3,(H,22,26)(H,23,24,25). The molecule has 0 radical (unpaired) electrons. The first-order valence-electron chi connectivity index (χ1n) is 7.57. The maximum absolute atomic E-state index is 14.2. The van der Waals surface area contributed by atoms with Gasteiger partial charge in [-0.05, 0) is 35.9 Å². The summed E-state index contributed by atoms with van der Waals surface area (Å²) in [5.41, 5.74) is 0.900. The molecule has 3 aromatic rings. The van der Waals surface area contributed by atoms with Crippen molar-refractivity contribution in [3.05, 3.63) is 54.1 Å². The fraction of sp³-hybridized carbons (Fsp3) is 0.118. The number of amides is 1. The Bertz CT molecular complexity index is 968. The Morgan fingerprint density at radius 2 is 1.78 bits per heavy atom. The molecule has 0 aliphatic carbocycles. The molecule has 1 amide bonds. The minimum absolute atomic E-state index is 0.00738. The van der Waals surface area contributed by atoms with E-state index < -0.39 is 23.8 Å². The number of H-pyrrole nitrogens is 1. The van der Waals surface area contributed by atoms with Crippen LogP contribution in [0.15, 0.2) is 42.5 Å². The Morgan fingerprint density at radius 3 is 2.41 bits per heavy atom. The van der Waals surface area contributed by atoms with Crippen molar-refractivity contribution < 1.29 is 27.1 Å². The van der Waals surface area contributed by atoms with Crippen molar-refractivity contribution in [1.82, 2.24) is 20.5 Å². The zero-order chi connectivity index (χ0) is 19.6. The van der Waals surface area contributed by atoms with Gasteiger partial charge in [0.2, 0.25) is 5.82 Å². The van der Waals surface area contributed by atoms with E-state index in [0.717, 1.165) is 12.1 Å². The maximum atomic E-state index is 14.2. The molecule has 0 aliphatic heterocycles. The molecule has 6 nitrogen and oxygen atoms in total. The predicted octanol–water partition coefficient (Wildman–Crippen LogP) is 3.54. The van der Waals surface area contributed by atoms with Gasteiger partial charge in [-0.1, -0.05) is 12.1 Å². The van der Waals surface area contributed by atoms with E-state index in [9.17, 15) is 22.4 Å². The fourth-order valence-corrected chi connectivity index (χ4v) is 2.33. The highest BCUT2D eigenvalue weighted by Gasteiger charge is 2.31. The Balaban J connectivity index is 1.92. The van der Waals surface area contributed by atoms with Crippen LogP contribution in [0.5, 0.6) is 5.75 Å². The van der Waals surface area contributed by atoms with E-state index >= 15 is 0 Å². The maximum Gasteiger partial charge on any atom is 0.573 e. The summed E-state index contributed by atoms with van der Waals surface area (Å²) in [5.74, 6) is -1.28. The van der Waals surface area contributed by atoms with Crippen LogP contribution in [0.25, 0.3) is 22.5 Å². The summed E-state index contributed by atoms with van der Waals surface area (Å²) >= 11 is 0. The summed E-state index contributed by atoms with van der Waals surface area (Å²) < 4.78 is 54.7. The minimum Gasteiger partial charge on any atom is -0.406 e. The van der Waals surface area contributed by atoms with Crippen LogP contribution in [0.2, 0.25) is 0 Å². The zero-order valence-electron chi connectivity index (χ0n) is 13.8. The smallest absolute Gasteiger partial charge is 0.406 e. The van der Waals surface area contributed by atoms with Gasteiger partial charge in [0, 0.05) is 18.2 Å². The predicted molar refractivity (Wildman–Crippen MR) is 87.3 cm³/mol. The van der Waals surface area contributed by atoms with Crippen LogP contribution >= 0.6 is 0 Å². The Hall–Kier alpha value is -3.43. The van der Waals surface area contributed by atoms with E-state index in [4.69, 9.17) is 0 Å². The number of hydrogen-bond acceptors (Lipinski definition) is 4. The number of aromatic nitrogens is 3. The van der Waals surface area contributed by atoms with Gasteiger partial charge in [-0.2, -0.15) is 5.10 Å². The van der Waals surface area contributed by atoms with Crippen molar-refractivity contribution in [2.45, 2.75) is 6.36 Å². The van der Waals surface area contributed by atoms with E-state index in [-0.39, 0.29) is 17.2 Å². The van der Waals surface area contributed by atoms with E-state index in [1.807, 2.05) is 0 Å². The summed E-state index contributed by atoms with van der Waals surface area (Å²) in [4.78, 5) is 15.6. The molecule has 27 heavy (non-hydrogen) atoms. The Labute approximate surface area is 150 Å². The van der Waals surface area contributed by atoms with E-state index in [1.54, 1.807) is 0 Å². The Morgan fingerprint density at radius 1 is 1.11 bits per heavy atom. The number of halogens is 4. The molecule has 0 bridgehead atoms. The third-order valence-corrected chi connectivity index (χ3v) is 3.55. The van der Waals surface area contributed by atoms with Crippen molar-refractivity contribution in [1.29, 1.82) is 0 Å². The second-order valence-electron chi connectivity index (χ2n) is 5.35. The monoisotopic (exact) mass is 380 g/mol. The van der Waals surface area contributed by atoms with Crippen molar-refractivity contribution in [3.63, 3.8) is 0 Å². The van der Waals surface area contributed by atoms with Gasteiger partial charge in [-0.3, -0.25) is 9.89 Å². The molecule has 3 rings (SSSR count). The van der Waals surface area contributed by atoms with Gasteiger partial charge in [0.25, 0.3) is 5.91 Å². The van der Waals surface area contributed by atoms with Crippen LogP contribution in [0.1, 0.15) is 10.6 Å². The molecule has 0 saturated carbocycles. The first-order chi connectivity index (χ1) is 12.8. The molecule has 0 saturated heterocycles. The summed E-state index contributed by atoms with van der Waals surface area (Å²) in [6.07, 6.45) is -4.80. The number of alkyl halides is 3. The summed E-state index contributed by atoms with van der Waals surface area (Å²) in [7, 11) is 1.44. The van der Waals surface area contributed by atoms with E-state index in [1.165, 1.54) is 37.4 Å². The average molecular weight is 380 g/mol. The SMILES string of the molecule is CNC(=O)c1nc(-c2ccc(F)c(-c3ccc(OC(F)(F)F)cc3)c2)n[nH]1. The third-order valence-electron chi connectivity index (χ3n) is 3.55. The van der Waals surface area contributed by atoms with Crippen LogP contribution in [0.3, 0.4) is 0 Å². The molecule has 0 aliphatic rings. The number of aromatic amines is 1. The zero-order valence-corrected chi connectivity index (χ0v) is 13.8. The molecule has 0 fully saturated rings. The summed E-state index contributed by atoms with van der Waals surface area (Å²) in [6.45, 7) is 0. The van der Waals surface area contributed by atoms with Crippen molar-refractivity contribution in [2.24, 2.45) is 0 Å². The van der Waals surface area contributed by atoms with Gasteiger partial charge in [0.05, 0.1) is 0 Å². The number of ether oxygens (including phenoxy) is 1. The highest BCUT2D eigenvalue weighted by molar-refractivity contribution is 5.90. The minimum atomic E-state index is -4.80. The third kappa shape index (κ3) is 4.22. The van der Waals surface area contributed by atoms with Crippen molar-refractivity contribution >= 4 is 5.91 Å². The number of nitrogens with one attached hydrogen (secondary N) is 2. The number of carbonyl (C=O) groups is 1. The second kappa shape index (κ2) is 7.06. The molecule has 1 heterocycles. The van der Waals surface area contributed by atoms with Gasteiger partial charge >= 0.3 is 6.36 Å². The molecule has 1 aromatic heterocycles. The lowest BCUT2D eigenvalue weighted by Crippen LogP contribution is -2.19. The Kier molecular flexibility index (Phi) is 4.80. The topological polar surface area (TPSA) is 79.9 Å². The first-order valence-corrected chi connectivity index (χ1v) is 7.57. The average Bonchev–Trinajstić information content (AvgIpc) is 3.11. The van der Waals surface area contributed by atoms with Gasteiger partial charge in [0.1, 0.15) is 11.6 Å². The molecule has 140 valence electrons. The summed E-state index contributed by atoms with van der Waals surface area (Å²) in [5, 5.41) is 8.77. The largest absolute Gasteiger partial charge is 0.573 e. The molecule has 0 unspecified atom stereocenters. The molecular weight excluding hydrogens is 368 g/mol. The lowest BCUT2D eigenvalue weighted by Gasteiger charge is -2.10. The van der Waals surface area contributed by atoms with Gasteiger partial charge in [-0.15, -0.1) is 13.2 Å². The molecule has 2 N–H and O–H groups in total. The van der Waals surface area contributed by atoms with Crippen LogP contribution in [0, 0.1) is 5.82 Å².